The van der Waals surface area contributed by atoms with Crippen molar-refractivity contribution in [2.24, 2.45) is 7.05 Å². The van der Waals surface area contributed by atoms with Crippen LogP contribution in [0.25, 0.3) is 0 Å². The molecule has 0 fully saturated rings. The molecule has 5 heteroatoms. The zero-order valence-corrected chi connectivity index (χ0v) is 15.6. The first kappa shape index (κ1) is 20.3. The van der Waals surface area contributed by atoms with Crippen LogP contribution in [-0.2, 0) is 23.6 Å². The first-order valence-corrected chi connectivity index (χ1v) is 9.70. The van der Waals surface area contributed by atoms with Crippen molar-refractivity contribution in [2.75, 3.05) is 0 Å². The average Bonchev–Trinajstić information content (AvgIpc) is 2.53. The minimum absolute atomic E-state index is 0.178. The van der Waals surface area contributed by atoms with Gasteiger partial charge >= 0.3 is 0 Å². The van der Waals surface area contributed by atoms with Gasteiger partial charge in [0.25, 0.3) is 0 Å². The van der Waals surface area contributed by atoms with E-state index < -0.39 is 10.1 Å². The molecule has 4 nitrogen and oxygen atoms in total. The van der Waals surface area contributed by atoms with Crippen LogP contribution in [0, 0.1) is 6.92 Å². The Morgan fingerprint density at radius 1 is 0.958 bits per heavy atom. The minimum atomic E-state index is -4.27. The summed E-state index contributed by atoms with van der Waals surface area (Å²) in [4.78, 5) is -0.178. The SMILES string of the molecule is CCCCCCc1cc[n+](C)cc1.Cc1ccc(S(=O)(=O)[O-])cc1. The Labute approximate surface area is 145 Å². The molecule has 2 aromatic rings. The van der Waals surface area contributed by atoms with E-state index in [9.17, 15) is 13.0 Å². The van der Waals surface area contributed by atoms with Gasteiger partial charge in [-0.2, -0.15) is 0 Å². The second kappa shape index (κ2) is 10.2. The number of hydrogen-bond acceptors (Lipinski definition) is 3. The van der Waals surface area contributed by atoms with Gasteiger partial charge in [-0.3, -0.25) is 0 Å². The number of benzene rings is 1. The first-order valence-electron chi connectivity index (χ1n) is 8.29. The molecule has 0 bridgehead atoms. The fourth-order valence-electron chi connectivity index (χ4n) is 2.16. The summed E-state index contributed by atoms with van der Waals surface area (Å²) in [5, 5.41) is 0. The van der Waals surface area contributed by atoms with Gasteiger partial charge in [-0.25, -0.2) is 13.0 Å². The summed E-state index contributed by atoms with van der Waals surface area (Å²) in [6.45, 7) is 4.07. The van der Waals surface area contributed by atoms with Gasteiger partial charge in [-0.05, 0) is 37.5 Å². The molecule has 0 saturated carbocycles. The predicted octanol–water partition coefficient (Wildman–Crippen LogP) is 3.53. The van der Waals surface area contributed by atoms with Crippen molar-refractivity contribution in [1.82, 2.24) is 0 Å². The lowest BCUT2D eigenvalue weighted by atomic mass is 10.1. The number of rotatable bonds is 6. The summed E-state index contributed by atoms with van der Waals surface area (Å²) in [7, 11) is -2.21. The van der Waals surface area contributed by atoms with Gasteiger partial charge < -0.3 is 4.55 Å². The summed E-state index contributed by atoms with van der Waals surface area (Å²) in [6, 6.07) is 10.2. The molecule has 0 amide bonds. The van der Waals surface area contributed by atoms with Gasteiger partial charge in [0, 0.05) is 12.1 Å². The Morgan fingerprint density at radius 3 is 2.04 bits per heavy atom. The molecule has 1 aromatic heterocycles. The van der Waals surface area contributed by atoms with E-state index in [-0.39, 0.29) is 4.90 Å². The lowest BCUT2D eigenvalue weighted by molar-refractivity contribution is -0.671. The third-order valence-electron chi connectivity index (χ3n) is 3.68. The molecule has 0 aliphatic rings. The summed E-state index contributed by atoms with van der Waals surface area (Å²) < 4.78 is 33.2. The molecule has 0 saturated heterocycles. The third kappa shape index (κ3) is 8.22. The number of pyridine rings is 1. The van der Waals surface area contributed by atoms with Crippen LogP contribution in [0.3, 0.4) is 0 Å². The Balaban J connectivity index is 0.000000243. The lowest BCUT2D eigenvalue weighted by Crippen LogP contribution is -2.25. The highest BCUT2D eigenvalue weighted by Crippen LogP contribution is 2.08. The summed E-state index contributed by atoms with van der Waals surface area (Å²) in [5.74, 6) is 0. The topological polar surface area (TPSA) is 61.1 Å². The zero-order chi connectivity index (χ0) is 18.0. The number of hydrogen-bond donors (Lipinski definition) is 0. The summed E-state index contributed by atoms with van der Waals surface area (Å²) >= 11 is 0. The van der Waals surface area contributed by atoms with Crippen molar-refractivity contribution in [3.63, 3.8) is 0 Å². The molecule has 1 heterocycles. The Bertz CT molecular complexity index is 692. The van der Waals surface area contributed by atoms with E-state index >= 15 is 0 Å². The predicted molar refractivity (Wildman–Crippen MR) is 94.6 cm³/mol. The Kier molecular flexibility index (Phi) is 8.65. The molecular weight excluding hydrogens is 322 g/mol. The van der Waals surface area contributed by atoms with E-state index in [0.29, 0.717) is 0 Å². The molecule has 0 radical (unpaired) electrons. The van der Waals surface area contributed by atoms with Crippen molar-refractivity contribution in [2.45, 2.75) is 50.8 Å². The van der Waals surface area contributed by atoms with E-state index in [1.54, 1.807) is 12.1 Å². The first-order chi connectivity index (χ1) is 11.3. The largest absolute Gasteiger partial charge is 0.744 e. The average molecular weight is 349 g/mol. The van der Waals surface area contributed by atoms with Crippen LogP contribution in [0.5, 0.6) is 0 Å². The molecule has 1 aromatic carbocycles. The van der Waals surface area contributed by atoms with E-state index in [4.69, 9.17) is 0 Å². The number of aryl methyl sites for hydroxylation is 3. The maximum Gasteiger partial charge on any atom is 0.168 e. The van der Waals surface area contributed by atoms with Crippen molar-refractivity contribution >= 4 is 10.1 Å². The molecule has 2 rings (SSSR count). The molecule has 0 aliphatic heterocycles. The lowest BCUT2D eigenvalue weighted by Gasteiger charge is -2.05. The van der Waals surface area contributed by atoms with Crippen LogP contribution in [0.15, 0.2) is 53.7 Å². The number of aromatic nitrogens is 1. The third-order valence-corrected chi connectivity index (χ3v) is 4.53. The Hall–Kier alpha value is -1.72. The van der Waals surface area contributed by atoms with Crippen LogP contribution in [0.2, 0.25) is 0 Å². The monoisotopic (exact) mass is 349 g/mol. The quantitative estimate of drug-likeness (QED) is 0.455. The summed E-state index contributed by atoms with van der Waals surface area (Å²) in [5.41, 5.74) is 2.40. The van der Waals surface area contributed by atoms with Crippen LogP contribution in [-0.4, -0.2) is 13.0 Å². The highest BCUT2D eigenvalue weighted by Gasteiger charge is 1.98. The second-order valence-corrected chi connectivity index (χ2v) is 7.33. The standard InChI is InChI=1S/C12H20N.C7H8O3S/c1-3-4-5-6-7-12-8-10-13(2)11-9-12;1-6-2-4-7(5-3-6)11(8,9)10/h8-11H,3-7H2,1-2H3;2-5H,1H3,(H,8,9,10)/q+1;/p-1. The molecule has 24 heavy (non-hydrogen) atoms. The van der Waals surface area contributed by atoms with Crippen molar-refractivity contribution in [3.05, 3.63) is 59.9 Å². The summed E-state index contributed by atoms with van der Waals surface area (Å²) in [6.07, 6.45) is 10.9. The van der Waals surface area contributed by atoms with Crippen molar-refractivity contribution < 1.29 is 17.5 Å². The fraction of sp³-hybridized carbons (Fsp3) is 0.421. The minimum Gasteiger partial charge on any atom is -0.744 e. The molecule has 0 spiro atoms. The van der Waals surface area contributed by atoms with E-state index in [1.165, 1.54) is 49.8 Å². The van der Waals surface area contributed by atoms with Gasteiger partial charge in [0.2, 0.25) is 0 Å². The van der Waals surface area contributed by atoms with Crippen molar-refractivity contribution in [1.29, 1.82) is 0 Å². The molecule has 132 valence electrons. The smallest absolute Gasteiger partial charge is 0.168 e. The maximum absolute atomic E-state index is 10.4. The molecular formula is C19H27NO3S. The molecule has 0 N–H and O–H groups in total. The second-order valence-electron chi connectivity index (χ2n) is 5.95. The fourth-order valence-corrected chi connectivity index (χ4v) is 2.63. The Morgan fingerprint density at radius 2 is 1.54 bits per heavy atom. The van der Waals surface area contributed by atoms with Crippen LogP contribution in [0.1, 0.15) is 43.7 Å². The van der Waals surface area contributed by atoms with E-state index in [1.807, 2.05) is 6.92 Å². The van der Waals surface area contributed by atoms with Crippen LogP contribution >= 0.6 is 0 Å². The maximum atomic E-state index is 10.4. The number of unbranched alkanes of at least 4 members (excludes halogenated alkanes) is 3. The van der Waals surface area contributed by atoms with Crippen LogP contribution in [0.4, 0.5) is 0 Å². The van der Waals surface area contributed by atoms with Gasteiger partial charge in [0.1, 0.15) is 17.2 Å². The molecule has 0 atom stereocenters. The van der Waals surface area contributed by atoms with E-state index in [2.05, 4.69) is 43.1 Å². The van der Waals surface area contributed by atoms with Crippen LogP contribution < -0.4 is 4.57 Å². The van der Waals surface area contributed by atoms with E-state index in [0.717, 1.165) is 5.56 Å². The molecule has 0 aliphatic carbocycles. The van der Waals surface area contributed by atoms with Crippen molar-refractivity contribution in [3.8, 4) is 0 Å². The number of nitrogens with zero attached hydrogens (tertiary/aromatic N) is 1. The molecule has 0 unspecified atom stereocenters. The normalized spacial score (nSPS) is 10.8. The highest BCUT2D eigenvalue weighted by atomic mass is 32.2. The van der Waals surface area contributed by atoms with Gasteiger partial charge in [0.15, 0.2) is 12.4 Å². The highest BCUT2D eigenvalue weighted by molar-refractivity contribution is 7.85. The zero-order valence-electron chi connectivity index (χ0n) is 14.7. The van der Waals surface area contributed by atoms with Gasteiger partial charge in [0.05, 0.1) is 4.90 Å². The van der Waals surface area contributed by atoms with Gasteiger partial charge in [-0.15, -0.1) is 0 Å². The van der Waals surface area contributed by atoms with Gasteiger partial charge in [-0.1, -0.05) is 43.9 Å².